The van der Waals surface area contributed by atoms with Gasteiger partial charge in [0.25, 0.3) is 0 Å². The predicted octanol–water partition coefficient (Wildman–Crippen LogP) is 1.58. The summed E-state index contributed by atoms with van der Waals surface area (Å²) >= 11 is 0. The molecule has 0 aliphatic rings. The summed E-state index contributed by atoms with van der Waals surface area (Å²) in [6.07, 6.45) is 0.297. The van der Waals surface area contributed by atoms with Gasteiger partial charge < -0.3 is 25.1 Å². The van der Waals surface area contributed by atoms with Crippen LogP contribution in [0, 0.1) is 0 Å². The highest BCUT2D eigenvalue weighted by Gasteiger charge is 2.19. The molecule has 0 saturated heterocycles. The summed E-state index contributed by atoms with van der Waals surface area (Å²) < 4.78 is 15.7. The van der Waals surface area contributed by atoms with Crippen LogP contribution in [0.25, 0.3) is 0 Å². The van der Waals surface area contributed by atoms with Gasteiger partial charge in [0.15, 0.2) is 11.5 Å². The summed E-state index contributed by atoms with van der Waals surface area (Å²) in [6.45, 7) is 0. The number of carboxylic acids is 1. The molecule has 0 aromatic heterocycles. The average molecular weight is 269 g/mol. The molecule has 0 amide bonds. The molecule has 0 aliphatic heterocycles. The van der Waals surface area contributed by atoms with Crippen LogP contribution in [0.4, 0.5) is 0 Å². The molecule has 0 saturated carbocycles. The molecule has 0 bridgehead atoms. The summed E-state index contributed by atoms with van der Waals surface area (Å²) in [6, 6.07) is 2.95. The zero-order valence-electron chi connectivity index (χ0n) is 11.3. The molecule has 3 N–H and O–H groups in total. The monoisotopic (exact) mass is 269 g/mol. The number of carbonyl (C=O) groups is 1. The smallest absolute Gasteiger partial charge is 0.303 e. The van der Waals surface area contributed by atoms with Crippen LogP contribution < -0.4 is 19.9 Å². The first-order valence-corrected chi connectivity index (χ1v) is 5.80. The highest BCUT2D eigenvalue weighted by Crippen LogP contribution is 2.39. The second-order valence-electron chi connectivity index (χ2n) is 3.99. The number of nitrogens with two attached hydrogens (primary N) is 1. The van der Waals surface area contributed by atoms with Crippen molar-refractivity contribution in [2.24, 2.45) is 5.73 Å². The van der Waals surface area contributed by atoms with Crippen LogP contribution in [0.1, 0.15) is 24.4 Å². The Kier molecular flexibility index (Phi) is 5.44. The van der Waals surface area contributed by atoms with Crippen molar-refractivity contribution in [2.75, 3.05) is 21.3 Å². The minimum absolute atomic E-state index is 0.0101. The maximum Gasteiger partial charge on any atom is 0.303 e. The minimum atomic E-state index is -0.885. The molecule has 1 aromatic rings. The largest absolute Gasteiger partial charge is 0.497 e. The Morgan fingerprint density at radius 3 is 2.42 bits per heavy atom. The van der Waals surface area contributed by atoms with Gasteiger partial charge in [-0.1, -0.05) is 0 Å². The van der Waals surface area contributed by atoms with Crippen molar-refractivity contribution in [3.8, 4) is 17.2 Å². The first kappa shape index (κ1) is 15.1. The van der Waals surface area contributed by atoms with Gasteiger partial charge in [-0.05, 0) is 12.5 Å². The number of rotatable bonds is 7. The second-order valence-corrected chi connectivity index (χ2v) is 3.99. The zero-order valence-corrected chi connectivity index (χ0v) is 11.3. The fourth-order valence-corrected chi connectivity index (χ4v) is 1.80. The molecule has 0 fully saturated rings. The van der Waals surface area contributed by atoms with Gasteiger partial charge >= 0.3 is 5.97 Å². The minimum Gasteiger partial charge on any atom is -0.497 e. The fraction of sp³-hybridized carbons (Fsp3) is 0.462. The Bertz CT molecular complexity index is 447. The number of methoxy groups -OCH3 is 3. The van der Waals surface area contributed by atoms with E-state index in [1.807, 2.05) is 0 Å². The number of hydrogen-bond donors (Lipinski definition) is 2. The lowest BCUT2D eigenvalue weighted by Crippen LogP contribution is -2.14. The van der Waals surface area contributed by atoms with E-state index in [2.05, 4.69) is 0 Å². The van der Waals surface area contributed by atoms with Crippen LogP contribution in [-0.2, 0) is 4.79 Å². The Balaban J connectivity index is 3.11. The summed E-state index contributed by atoms with van der Waals surface area (Å²) in [5.74, 6) is 0.700. The van der Waals surface area contributed by atoms with Crippen LogP contribution in [0.5, 0.6) is 17.2 Å². The van der Waals surface area contributed by atoms with E-state index >= 15 is 0 Å². The fourth-order valence-electron chi connectivity index (χ4n) is 1.80. The molecule has 1 rings (SSSR count). The number of aliphatic carboxylic acids is 1. The SMILES string of the molecule is COc1cc(OC)c(OC)c(C(N)CCC(=O)O)c1. The highest BCUT2D eigenvalue weighted by molar-refractivity contribution is 5.66. The third kappa shape index (κ3) is 3.75. The van der Waals surface area contributed by atoms with Crippen molar-refractivity contribution in [1.82, 2.24) is 0 Å². The number of hydrogen-bond acceptors (Lipinski definition) is 5. The topological polar surface area (TPSA) is 91.0 Å². The van der Waals surface area contributed by atoms with E-state index in [0.29, 0.717) is 29.2 Å². The average Bonchev–Trinajstić information content (AvgIpc) is 2.42. The number of carboxylic acid groups (broad SMARTS) is 1. The summed E-state index contributed by atoms with van der Waals surface area (Å²) in [5, 5.41) is 8.70. The van der Waals surface area contributed by atoms with Gasteiger partial charge in [-0.2, -0.15) is 0 Å². The van der Waals surface area contributed by atoms with Gasteiger partial charge in [0.2, 0.25) is 0 Å². The number of benzene rings is 1. The summed E-state index contributed by atoms with van der Waals surface area (Å²) in [7, 11) is 4.56. The zero-order chi connectivity index (χ0) is 14.4. The third-order valence-corrected chi connectivity index (χ3v) is 2.79. The Labute approximate surface area is 112 Å². The quantitative estimate of drug-likeness (QED) is 0.781. The normalized spacial score (nSPS) is 11.8. The molecule has 0 heterocycles. The van der Waals surface area contributed by atoms with Gasteiger partial charge in [-0.25, -0.2) is 0 Å². The van der Waals surface area contributed by atoms with Crippen molar-refractivity contribution in [3.63, 3.8) is 0 Å². The van der Waals surface area contributed by atoms with E-state index < -0.39 is 12.0 Å². The lowest BCUT2D eigenvalue weighted by Gasteiger charge is -2.18. The van der Waals surface area contributed by atoms with E-state index in [4.69, 9.17) is 25.1 Å². The Hall–Kier alpha value is -1.95. The van der Waals surface area contributed by atoms with E-state index in [1.165, 1.54) is 21.3 Å². The van der Waals surface area contributed by atoms with Gasteiger partial charge in [0, 0.05) is 24.1 Å². The van der Waals surface area contributed by atoms with E-state index in [0.717, 1.165) is 0 Å². The van der Waals surface area contributed by atoms with Crippen LogP contribution in [0.2, 0.25) is 0 Å². The van der Waals surface area contributed by atoms with Crippen LogP contribution in [0.3, 0.4) is 0 Å². The second kappa shape index (κ2) is 6.84. The van der Waals surface area contributed by atoms with Crippen LogP contribution in [0.15, 0.2) is 12.1 Å². The molecular formula is C13H19NO5. The molecule has 1 atom stereocenters. The molecule has 6 nitrogen and oxygen atoms in total. The molecule has 1 unspecified atom stereocenters. The molecule has 6 heteroatoms. The van der Waals surface area contributed by atoms with Crippen LogP contribution in [-0.4, -0.2) is 32.4 Å². The van der Waals surface area contributed by atoms with Crippen molar-refractivity contribution >= 4 is 5.97 Å². The third-order valence-electron chi connectivity index (χ3n) is 2.79. The van der Waals surface area contributed by atoms with Crippen molar-refractivity contribution < 1.29 is 24.1 Å². The van der Waals surface area contributed by atoms with Gasteiger partial charge in [-0.15, -0.1) is 0 Å². The van der Waals surface area contributed by atoms with Crippen molar-refractivity contribution in [1.29, 1.82) is 0 Å². The summed E-state index contributed by atoms with van der Waals surface area (Å²) in [4.78, 5) is 10.6. The van der Waals surface area contributed by atoms with Gasteiger partial charge in [-0.3, -0.25) is 4.79 Å². The molecule has 0 aliphatic carbocycles. The first-order chi connectivity index (χ1) is 9.03. The van der Waals surface area contributed by atoms with Crippen molar-refractivity contribution in [2.45, 2.75) is 18.9 Å². The Morgan fingerprint density at radius 2 is 1.95 bits per heavy atom. The number of ether oxygens (including phenoxy) is 3. The predicted molar refractivity (Wildman–Crippen MR) is 69.9 cm³/mol. The lowest BCUT2D eigenvalue weighted by atomic mass is 10.0. The Morgan fingerprint density at radius 1 is 1.26 bits per heavy atom. The molecule has 1 aromatic carbocycles. The van der Waals surface area contributed by atoms with E-state index in [1.54, 1.807) is 12.1 Å². The lowest BCUT2D eigenvalue weighted by molar-refractivity contribution is -0.137. The van der Waals surface area contributed by atoms with E-state index in [9.17, 15) is 4.79 Å². The van der Waals surface area contributed by atoms with Crippen LogP contribution >= 0.6 is 0 Å². The van der Waals surface area contributed by atoms with Crippen molar-refractivity contribution in [3.05, 3.63) is 17.7 Å². The maximum atomic E-state index is 10.6. The molecular weight excluding hydrogens is 250 g/mol. The highest BCUT2D eigenvalue weighted by atomic mass is 16.5. The molecule has 19 heavy (non-hydrogen) atoms. The molecule has 0 radical (unpaired) electrons. The summed E-state index contributed by atoms with van der Waals surface area (Å²) in [5.41, 5.74) is 6.68. The molecule has 0 spiro atoms. The van der Waals surface area contributed by atoms with E-state index in [-0.39, 0.29) is 6.42 Å². The molecule has 106 valence electrons. The maximum absolute atomic E-state index is 10.6. The standard InChI is InChI=1S/C13H19NO5/c1-17-8-6-9(10(14)4-5-12(15)16)13(19-3)11(7-8)18-2/h6-7,10H,4-5,14H2,1-3H3,(H,15,16). The van der Waals surface area contributed by atoms with Gasteiger partial charge in [0.1, 0.15) is 5.75 Å². The first-order valence-electron chi connectivity index (χ1n) is 5.80. The van der Waals surface area contributed by atoms with Gasteiger partial charge in [0.05, 0.1) is 21.3 Å².